The zero-order valence-electron chi connectivity index (χ0n) is 7.07. The molecule has 0 amide bonds. The number of ether oxygens (including phenoxy) is 1. The van der Waals surface area contributed by atoms with Crippen molar-refractivity contribution < 1.29 is 4.74 Å². The molecule has 6 heteroatoms. The highest BCUT2D eigenvalue weighted by molar-refractivity contribution is 7.71. The van der Waals surface area contributed by atoms with E-state index in [0.29, 0.717) is 17.2 Å². The number of nitrogens with one attached hydrogen (secondary N) is 1. The summed E-state index contributed by atoms with van der Waals surface area (Å²) in [6, 6.07) is 0. The van der Waals surface area contributed by atoms with E-state index in [0.717, 1.165) is 0 Å². The number of aromatic amines is 1. The minimum absolute atomic E-state index is 0.162. The maximum absolute atomic E-state index is 5.53. The van der Waals surface area contributed by atoms with Crippen LogP contribution in [-0.4, -0.2) is 21.0 Å². The van der Waals surface area contributed by atoms with Crippen molar-refractivity contribution in [2.24, 2.45) is 0 Å². The van der Waals surface area contributed by atoms with E-state index < -0.39 is 0 Å². The highest BCUT2D eigenvalue weighted by Gasteiger charge is 2.03. The molecule has 0 unspecified atom stereocenters. The summed E-state index contributed by atoms with van der Waals surface area (Å²) in [5.41, 5.74) is 0. The fraction of sp³-hybridized carbons (Fsp3) is 0.667. The molecule has 0 saturated heterocycles. The van der Waals surface area contributed by atoms with Crippen molar-refractivity contribution in [3.05, 3.63) is 10.6 Å². The Morgan fingerprint density at radius 1 is 1.75 bits per heavy atom. The average molecular weight is 188 g/mol. The summed E-state index contributed by atoms with van der Waals surface area (Å²) >= 11 is 4.82. The normalized spacial score (nSPS) is 10.9. The second-order valence-corrected chi connectivity index (χ2v) is 3.06. The molecule has 0 saturated carbocycles. The highest BCUT2D eigenvalue weighted by Crippen LogP contribution is 1.97. The first-order valence-corrected chi connectivity index (χ1v) is 4.05. The fourth-order valence-electron chi connectivity index (χ4n) is 0.680. The van der Waals surface area contributed by atoms with Crippen LogP contribution in [0.3, 0.4) is 0 Å². The topological polar surface area (TPSA) is 68.9 Å². The molecule has 5 nitrogen and oxygen atoms in total. The van der Waals surface area contributed by atoms with Crippen LogP contribution in [-0.2, 0) is 11.3 Å². The third kappa shape index (κ3) is 2.05. The molecule has 1 aromatic rings. The van der Waals surface area contributed by atoms with Crippen LogP contribution >= 0.6 is 12.2 Å². The van der Waals surface area contributed by atoms with Gasteiger partial charge in [-0.25, -0.2) is 4.68 Å². The van der Waals surface area contributed by atoms with Crippen LogP contribution in [0.2, 0.25) is 0 Å². The summed E-state index contributed by atoms with van der Waals surface area (Å²) in [5, 5.41) is 6.45. The number of hydrogen-bond donors (Lipinski definition) is 2. The lowest BCUT2D eigenvalue weighted by molar-refractivity contribution is 0.0600. The van der Waals surface area contributed by atoms with E-state index in [1.807, 2.05) is 13.8 Å². The van der Waals surface area contributed by atoms with Gasteiger partial charge in [0.15, 0.2) is 5.82 Å². The van der Waals surface area contributed by atoms with E-state index >= 15 is 0 Å². The smallest absolute Gasteiger partial charge is 0.214 e. The van der Waals surface area contributed by atoms with Crippen molar-refractivity contribution in [2.45, 2.75) is 26.6 Å². The van der Waals surface area contributed by atoms with Gasteiger partial charge in [0.05, 0.1) is 6.10 Å². The molecule has 1 heterocycles. The SMILES string of the molecule is CC(C)OCc1n[nH]c(=S)n1N. The minimum atomic E-state index is 0.162. The number of nitrogens with zero attached hydrogens (tertiary/aromatic N) is 2. The second kappa shape index (κ2) is 3.68. The van der Waals surface area contributed by atoms with E-state index in [1.54, 1.807) is 0 Å². The summed E-state index contributed by atoms with van der Waals surface area (Å²) in [4.78, 5) is 0. The molecule has 68 valence electrons. The van der Waals surface area contributed by atoms with Crippen molar-refractivity contribution in [1.82, 2.24) is 14.9 Å². The number of rotatable bonds is 3. The summed E-state index contributed by atoms with van der Waals surface area (Å²) < 4.78 is 7.00. The lowest BCUT2D eigenvalue weighted by Gasteiger charge is -2.05. The van der Waals surface area contributed by atoms with Gasteiger partial charge in [-0.2, -0.15) is 5.10 Å². The van der Waals surface area contributed by atoms with Crippen LogP contribution in [0.25, 0.3) is 0 Å². The van der Waals surface area contributed by atoms with E-state index in [2.05, 4.69) is 10.2 Å². The number of nitrogen functional groups attached to an aromatic ring is 1. The third-order valence-electron chi connectivity index (χ3n) is 1.32. The van der Waals surface area contributed by atoms with Crippen molar-refractivity contribution in [3.8, 4) is 0 Å². The van der Waals surface area contributed by atoms with Crippen LogP contribution in [0.5, 0.6) is 0 Å². The molecule has 0 radical (unpaired) electrons. The first kappa shape index (κ1) is 9.21. The summed E-state index contributed by atoms with van der Waals surface area (Å²) in [6.45, 7) is 4.27. The van der Waals surface area contributed by atoms with Crippen LogP contribution in [0, 0.1) is 4.77 Å². The Morgan fingerprint density at radius 3 is 2.83 bits per heavy atom. The quantitative estimate of drug-likeness (QED) is 0.538. The van der Waals surface area contributed by atoms with Crippen LogP contribution in [0.4, 0.5) is 0 Å². The second-order valence-electron chi connectivity index (χ2n) is 2.67. The van der Waals surface area contributed by atoms with Crippen molar-refractivity contribution in [2.75, 3.05) is 5.84 Å². The molecular weight excluding hydrogens is 176 g/mol. The Bertz CT molecular complexity index is 303. The van der Waals surface area contributed by atoms with Crippen LogP contribution in [0.15, 0.2) is 0 Å². The third-order valence-corrected chi connectivity index (χ3v) is 1.61. The first-order chi connectivity index (χ1) is 5.61. The van der Waals surface area contributed by atoms with E-state index in [1.165, 1.54) is 4.68 Å². The molecule has 12 heavy (non-hydrogen) atoms. The zero-order valence-corrected chi connectivity index (χ0v) is 7.89. The van der Waals surface area contributed by atoms with Crippen LogP contribution < -0.4 is 5.84 Å². The Morgan fingerprint density at radius 2 is 2.42 bits per heavy atom. The van der Waals surface area contributed by atoms with Gasteiger partial charge < -0.3 is 10.6 Å². The molecule has 0 aliphatic carbocycles. The van der Waals surface area contributed by atoms with Gasteiger partial charge in [0.25, 0.3) is 0 Å². The number of nitrogens with two attached hydrogens (primary N) is 1. The molecule has 0 atom stereocenters. The van der Waals surface area contributed by atoms with E-state index in [9.17, 15) is 0 Å². The van der Waals surface area contributed by atoms with Crippen molar-refractivity contribution in [1.29, 1.82) is 0 Å². The molecule has 0 aliphatic heterocycles. The predicted octanol–water partition coefficient (Wildman–Crippen LogP) is 0.579. The first-order valence-electron chi connectivity index (χ1n) is 3.64. The standard InChI is InChI=1S/C6H12N4OS/c1-4(2)11-3-5-8-9-6(12)10(5)7/h4H,3,7H2,1-2H3,(H,9,12). The summed E-state index contributed by atoms with van der Waals surface area (Å²) in [6.07, 6.45) is 0.162. The highest BCUT2D eigenvalue weighted by atomic mass is 32.1. The number of hydrogen-bond acceptors (Lipinski definition) is 4. The molecule has 0 aromatic carbocycles. The zero-order chi connectivity index (χ0) is 9.14. The maximum Gasteiger partial charge on any atom is 0.214 e. The van der Waals surface area contributed by atoms with Gasteiger partial charge in [-0.1, -0.05) is 0 Å². The largest absolute Gasteiger partial charge is 0.371 e. The van der Waals surface area contributed by atoms with Gasteiger partial charge in [-0.15, -0.1) is 0 Å². The van der Waals surface area contributed by atoms with Crippen LogP contribution in [0.1, 0.15) is 19.7 Å². The van der Waals surface area contributed by atoms with Gasteiger partial charge in [0, 0.05) is 0 Å². The molecule has 0 aliphatic rings. The van der Waals surface area contributed by atoms with Gasteiger partial charge >= 0.3 is 0 Å². The van der Waals surface area contributed by atoms with Gasteiger partial charge in [-0.3, -0.25) is 5.10 Å². The minimum Gasteiger partial charge on any atom is -0.371 e. The molecule has 1 aromatic heterocycles. The molecule has 0 spiro atoms. The van der Waals surface area contributed by atoms with Gasteiger partial charge in [-0.05, 0) is 26.1 Å². The van der Waals surface area contributed by atoms with Gasteiger partial charge in [0.1, 0.15) is 6.61 Å². The molecular formula is C6H12N4OS. The Hall–Kier alpha value is -0.880. The maximum atomic E-state index is 5.53. The fourth-order valence-corrected chi connectivity index (χ4v) is 0.831. The lowest BCUT2D eigenvalue weighted by Crippen LogP contribution is -2.15. The van der Waals surface area contributed by atoms with E-state index in [4.69, 9.17) is 22.8 Å². The molecule has 1 rings (SSSR count). The molecule has 0 fully saturated rings. The van der Waals surface area contributed by atoms with E-state index in [-0.39, 0.29) is 6.10 Å². The average Bonchev–Trinajstić information content (AvgIpc) is 2.30. The van der Waals surface area contributed by atoms with Crippen molar-refractivity contribution >= 4 is 12.2 Å². The van der Waals surface area contributed by atoms with Gasteiger partial charge in [0.2, 0.25) is 4.77 Å². The number of H-pyrrole nitrogens is 1. The summed E-state index contributed by atoms with van der Waals surface area (Å²) in [7, 11) is 0. The monoisotopic (exact) mass is 188 g/mol. The Kier molecular flexibility index (Phi) is 2.83. The van der Waals surface area contributed by atoms with Crippen molar-refractivity contribution in [3.63, 3.8) is 0 Å². The predicted molar refractivity (Wildman–Crippen MR) is 47.5 cm³/mol. The molecule has 3 N–H and O–H groups in total. The Balaban J connectivity index is 2.64. The molecule has 0 bridgehead atoms. The Labute approximate surface area is 75.5 Å². The number of aromatic nitrogens is 3. The summed E-state index contributed by atoms with van der Waals surface area (Å²) in [5.74, 6) is 6.13. The lowest BCUT2D eigenvalue weighted by atomic mass is 10.5.